The molecule has 4 N–H and O–H groups in total. The summed E-state index contributed by atoms with van der Waals surface area (Å²) in [6.07, 6.45) is 8.29. The van der Waals surface area contributed by atoms with E-state index >= 15 is 0 Å². The summed E-state index contributed by atoms with van der Waals surface area (Å²) in [4.78, 5) is 56.7. The third kappa shape index (κ3) is 7.75. The second-order valence-electron chi connectivity index (χ2n) is 9.22. The van der Waals surface area contributed by atoms with Gasteiger partial charge in [-0.15, -0.1) is 0 Å². The molecule has 2 aliphatic heterocycles. The lowest BCUT2D eigenvalue weighted by Crippen LogP contribution is -2.59. The SMILES string of the molecule is C=C1CNC(=O)C2(CC2)NC(=O)[C@H]2CSSCC/C=C/[C@H](CC(=O)N[C@H](Cc3ccncc3)C(=O)N2)O1. The zero-order valence-corrected chi connectivity index (χ0v) is 22.0. The van der Waals surface area contributed by atoms with E-state index in [2.05, 4.69) is 32.8 Å². The molecule has 1 aromatic rings. The van der Waals surface area contributed by atoms with Crippen LogP contribution in [0.4, 0.5) is 0 Å². The number of nitrogens with zero attached hydrogens (tertiary/aromatic N) is 1. The fourth-order valence-corrected chi connectivity index (χ4v) is 6.16. The summed E-state index contributed by atoms with van der Waals surface area (Å²) in [7, 11) is 3.06. The van der Waals surface area contributed by atoms with Crippen molar-refractivity contribution in [2.24, 2.45) is 0 Å². The molecule has 10 nitrogen and oxygen atoms in total. The monoisotopic (exact) mass is 545 g/mol. The summed E-state index contributed by atoms with van der Waals surface area (Å²) in [5, 5.41) is 11.3. The van der Waals surface area contributed by atoms with Gasteiger partial charge in [-0.2, -0.15) is 0 Å². The van der Waals surface area contributed by atoms with Gasteiger partial charge in [0.25, 0.3) is 0 Å². The molecule has 4 amide bonds. The quantitative estimate of drug-likeness (QED) is 0.319. The average Bonchev–Trinajstić information content (AvgIpc) is 3.65. The van der Waals surface area contributed by atoms with Crippen molar-refractivity contribution in [1.82, 2.24) is 26.3 Å². The van der Waals surface area contributed by atoms with E-state index in [-0.39, 0.29) is 31.2 Å². The number of amides is 4. The number of rotatable bonds is 2. The fraction of sp³-hybridized carbons (Fsp3) is 0.480. The van der Waals surface area contributed by atoms with E-state index in [9.17, 15) is 19.2 Å². The highest BCUT2D eigenvalue weighted by Gasteiger charge is 2.52. The smallest absolute Gasteiger partial charge is 0.246 e. The van der Waals surface area contributed by atoms with E-state index < -0.39 is 35.5 Å². The molecule has 1 saturated carbocycles. The van der Waals surface area contributed by atoms with Crippen molar-refractivity contribution < 1.29 is 23.9 Å². The first kappa shape index (κ1) is 27.1. The van der Waals surface area contributed by atoms with Crippen LogP contribution in [0.2, 0.25) is 0 Å². The van der Waals surface area contributed by atoms with E-state index in [1.807, 2.05) is 12.2 Å². The average molecular weight is 546 g/mol. The summed E-state index contributed by atoms with van der Waals surface area (Å²) < 4.78 is 5.91. The number of ether oxygens (including phenoxy) is 1. The lowest BCUT2D eigenvalue weighted by Gasteiger charge is -2.26. The Balaban J connectivity index is 1.65. The van der Waals surface area contributed by atoms with Crippen LogP contribution in [0.3, 0.4) is 0 Å². The number of hydrogen-bond acceptors (Lipinski definition) is 8. The van der Waals surface area contributed by atoms with Gasteiger partial charge in [0.2, 0.25) is 23.6 Å². The highest BCUT2D eigenvalue weighted by atomic mass is 33.1. The zero-order valence-electron chi connectivity index (χ0n) is 20.4. The normalized spacial score (nSPS) is 28.1. The molecule has 0 radical (unpaired) electrons. The lowest BCUT2D eigenvalue weighted by molar-refractivity contribution is -0.134. The Morgan fingerprint density at radius 2 is 1.86 bits per heavy atom. The Labute approximate surface area is 223 Å². The molecule has 1 aromatic heterocycles. The molecule has 198 valence electrons. The molecule has 2 fully saturated rings. The third-order valence-corrected chi connectivity index (χ3v) is 8.66. The number of carbonyl (C=O) groups is 4. The van der Waals surface area contributed by atoms with Gasteiger partial charge in [-0.25, -0.2) is 0 Å². The number of fused-ring (bicyclic) bond motifs is 7. The Bertz CT molecular complexity index is 1060. The van der Waals surface area contributed by atoms with Gasteiger partial charge in [-0.1, -0.05) is 34.2 Å². The predicted octanol–water partition coefficient (Wildman–Crippen LogP) is 1.00. The maximum absolute atomic E-state index is 13.4. The Morgan fingerprint density at radius 1 is 1.08 bits per heavy atom. The lowest BCUT2D eigenvalue weighted by atomic mass is 10.1. The summed E-state index contributed by atoms with van der Waals surface area (Å²) in [6, 6.07) is 1.73. The maximum atomic E-state index is 13.4. The van der Waals surface area contributed by atoms with E-state index in [0.29, 0.717) is 24.4 Å². The van der Waals surface area contributed by atoms with Gasteiger partial charge in [-0.3, -0.25) is 24.2 Å². The zero-order chi connectivity index (χ0) is 26.3. The van der Waals surface area contributed by atoms with Gasteiger partial charge >= 0.3 is 0 Å². The number of hydrogen-bond donors (Lipinski definition) is 4. The highest BCUT2D eigenvalue weighted by molar-refractivity contribution is 8.76. The molecule has 1 spiro atoms. The van der Waals surface area contributed by atoms with Crippen LogP contribution in [-0.2, 0) is 30.3 Å². The van der Waals surface area contributed by atoms with Gasteiger partial charge < -0.3 is 26.0 Å². The Hall–Kier alpha value is -2.99. The topological polar surface area (TPSA) is 139 Å². The number of carbonyl (C=O) groups excluding carboxylic acids is 4. The van der Waals surface area contributed by atoms with Crippen LogP contribution in [0.15, 0.2) is 49.0 Å². The van der Waals surface area contributed by atoms with Gasteiger partial charge in [0.15, 0.2) is 0 Å². The molecule has 3 atom stereocenters. The summed E-state index contributed by atoms with van der Waals surface area (Å²) in [5.41, 5.74) is -0.198. The molecule has 3 aliphatic rings. The van der Waals surface area contributed by atoms with Crippen molar-refractivity contribution in [3.8, 4) is 0 Å². The molecule has 12 heteroatoms. The highest BCUT2D eigenvalue weighted by Crippen LogP contribution is 2.36. The standard InChI is InChI=1S/C25H31N5O5S2/c1-16-14-27-24(34)25(7-8-25)30-23(33)20-15-37-36-11-3-2-4-18(35-16)13-21(31)28-19(22(32)29-20)12-17-5-9-26-10-6-17/h2,4-6,9-10,18-20H,1,3,7-8,11-15H2,(H,27,34)(H,28,31)(H,29,32)(H,30,33)/b4-2+/t18-,19-,20-/m1/s1. The summed E-state index contributed by atoms with van der Waals surface area (Å²) in [6.45, 7) is 3.95. The second-order valence-corrected chi connectivity index (χ2v) is 11.8. The first-order chi connectivity index (χ1) is 17.8. The Kier molecular flexibility index (Phi) is 9.14. The van der Waals surface area contributed by atoms with Crippen LogP contribution < -0.4 is 21.3 Å². The number of aromatic nitrogens is 1. The molecule has 37 heavy (non-hydrogen) atoms. The Morgan fingerprint density at radius 3 is 2.62 bits per heavy atom. The molecule has 1 aliphatic carbocycles. The van der Waals surface area contributed by atoms with Crippen LogP contribution in [0.1, 0.15) is 31.2 Å². The molecular formula is C25H31N5O5S2. The van der Waals surface area contributed by atoms with Gasteiger partial charge in [0.1, 0.15) is 29.5 Å². The molecule has 1 saturated heterocycles. The van der Waals surface area contributed by atoms with Gasteiger partial charge in [0.05, 0.1) is 13.0 Å². The van der Waals surface area contributed by atoms with Gasteiger partial charge in [-0.05, 0) is 43.0 Å². The maximum Gasteiger partial charge on any atom is 0.246 e. The minimum atomic E-state index is -1.01. The van der Waals surface area contributed by atoms with Gasteiger partial charge in [0, 0.05) is 30.3 Å². The van der Waals surface area contributed by atoms with Crippen molar-refractivity contribution in [1.29, 1.82) is 0 Å². The summed E-state index contributed by atoms with van der Waals surface area (Å²) in [5.74, 6) is -0.249. The van der Waals surface area contributed by atoms with Crippen LogP contribution >= 0.6 is 21.6 Å². The minimum absolute atomic E-state index is 0.0423. The van der Waals surface area contributed by atoms with Crippen LogP contribution in [0, 0.1) is 0 Å². The fourth-order valence-electron chi connectivity index (χ4n) is 4.00. The van der Waals surface area contributed by atoms with Crippen LogP contribution in [-0.4, -0.2) is 70.4 Å². The van der Waals surface area contributed by atoms with Crippen LogP contribution in [0.5, 0.6) is 0 Å². The number of allylic oxidation sites excluding steroid dienone is 1. The molecule has 3 heterocycles. The second kappa shape index (κ2) is 12.5. The third-order valence-electron chi connectivity index (χ3n) is 6.21. The minimum Gasteiger partial charge on any atom is -0.489 e. The van der Waals surface area contributed by atoms with E-state index in [1.165, 1.54) is 10.8 Å². The number of nitrogens with one attached hydrogen (secondary N) is 4. The predicted molar refractivity (Wildman–Crippen MR) is 142 cm³/mol. The molecule has 0 aromatic carbocycles. The van der Waals surface area contributed by atoms with E-state index in [1.54, 1.807) is 35.3 Å². The first-order valence-electron chi connectivity index (χ1n) is 12.2. The van der Waals surface area contributed by atoms with Crippen molar-refractivity contribution in [3.05, 3.63) is 54.6 Å². The van der Waals surface area contributed by atoms with Crippen molar-refractivity contribution in [2.75, 3.05) is 18.1 Å². The van der Waals surface area contributed by atoms with E-state index in [4.69, 9.17) is 4.74 Å². The van der Waals surface area contributed by atoms with Crippen molar-refractivity contribution >= 4 is 45.2 Å². The molecular weight excluding hydrogens is 514 g/mol. The van der Waals surface area contributed by atoms with E-state index in [0.717, 1.165) is 17.7 Å². The number of pyridine rings is 1. The molecule has 4 rings (SSSR count). The van der Waals surface area contributed by atoms with Crippen LogP contribution in [0.25, 0.3) is 0 Å². The van der Waals surface area contributed by atoms with Crippen molar-refractivity contribution in [2.45, 2.75) is 55.8 Å². The molecule has 0 unspecified atom stereocenters. The summed E-state index contributed by atoms with van der Waals surface area (Å²) >= 11 is 0. The molecule has 2 bridgehead atoms. The largest absolute Gasteiger partial charge is 0.489 e. The van der Waals surface area contributed by atoms with Crippen molar-refractivity contribution in [3.63, 3.8) is 0 Å². The first-order valence-corrected chi connectivity index (χ1v) is 14.7.